The number of rotatable bonds is 5. The Bertz CT molecular complexity index is 633. The summed E-state index contributed by atoms with van der Waals surface area (Å²) >= 11 is 1.28. The standard InChI is InChI=1S/C15H20N2O5S/c1-3-4-20-6-9-5-15(11(18)21-9)8-14(2,22-12(15)19)10-7-23-13(16)17-10/h7,9H,3-6,8H2,1-2H3,(H2,16,17)/t9-,14-,15+/m1/s1. The Hall–Kier alpha value is -1.67. The van der Waals surface area contributed by atoms with E-state index >= 15 is 0 Å². The van der Waals surface area contributed by atoms with Gasteiger partial charge in [0.15, 0.2) is 16.1 Å². The molecule has 0 bridgehead atoms. The van der Waals surface area contributed by atoms with Crippen molar-refractivity contribution >= 4 is 28.4 Å². The predicted molar refractivity (Wildman–Crippen MR) is 82.6 cm³/mol. The van der Waals surface area contributed by atoms with Gasteiger partial charge >= 0.3 is 11.9 Å². The van der Waals surface area contributed by atoms with E-state index in [1.54, 1.807) is 12.3 Å². The van der Waals surface area contributed by atoms with Crippen LogP contribution in [0.15, 0.2) is 5.38 Å². The number of thiazole rings is 1. The molecule has 23 heavy (non-hydrogen) atoms. The molecule has 8 heteroatoms. The molecular formula is C15H20N2O5S. The Balaban J connectivity index is 1.77. The first-order valence-electron chi connectivity index (χ1n) is 7.63. The molecule has 3 atom stereocenters. The molecule has 126 valence electrons. The molecule has 2 fully saturated rings. The second-order valence-electron chi connectivity index (χ2n) is 6.26. The van der Waals surface area contributed by atoms with Crippen molar-refractivity contribution in [2.24, 2.45) is 5.41 Å². The number of anilines is 1. The molecule has 3 rings (SSSR count). The number of carbonyl (C=O) groups is 2. The number of ether oxygens (including phenoxy) is 3. The zero-order valence-corrected chi connectivity index (χ0v) is 14.0. The molecule has 0 unspecified atom stereocenters. The fourth-order valence-electron chi connectivity index (χ4n) is 3.20. The third-order valence-electron chi connectivity index (χ3n) is 4.30. The van der Waals surface area contributed by atoms with Crippen LogP contribution in [-0.4, -0.2) is 36.2 Å². The first kappa shape index (κ1) is 16.2. The SMILES string of the molecule is CCCOC[C@H]1C[C@]2(C[C@](C)(c3csc(N)n3)OC2=O)C(=O)O1. The van der Waals surface area contributed by atoms with Crippen molar-refractivity contribution in [3.63, 3.8) is 0 Å². The zero-order valence-electron chi connectivity index (χ0n) is 13.2. The summed E-state index contributed by atoms with van der Waals surface area (Å²) in [5.41, 5.74) is 4.02. The average Bonchev–Trinajstić information content (AvgIpc) is 3.11. The monoisotopic (exact) mass is 340 g/mol. The largest absolute Gasteiger partial charge is 0.459 e. The van der Waals surface area contributed by atoms with Crippen LogP contribution < -0.4 is 5.73 Å². The molecule has 0 amide bonds. The van der Waals surface area contributed by atoms with E-state index in [1.807, 2.05) is 6.92 Å². The van der Waals surface area contributed by atoms with Gasteiger partial charge in [0.25, 0.3) is 0 Å². The molecule has 2 aliphatic heterocycles. The average molecular weight is 340 g/mol. The number of hydrogen-bond donors (Lipinski definition) is 1. The summed E-state index contributed by atoms with van der Waals surface area (Å²) in [7, 11) is 0. The minimum absolute atomic E-state index is 0.213. The number of aromatic nitrogens is 1. The molecule has 0 saturated carbocycles. The van der Waals surface area contributed by atoms with Gasteiger partial charge in [0.1, 0.15) is 6.10 Å². The summed E-state index contributed by atoms with van der Waals surface area (Å²) < 4.78 is 16.3. The Morgan fingerprint density at radius 2 is 2.26 bits per heavy atom. The normalized spacial score (nSPS) is 33.2. The van der Waals surface area contributed by atoms with Crippen LogP contribution in [0.2, 0.25) is 0 Å². The summed E-state index contributed by atoms with van der Waals surface area (Å²) in [6.45, 7) is 4.65. The van der Waals surface area contributed by atoms with E-state index in [2.05, 4.69) is 4.98 Å². The van der Waals surface area contributed by atoms with Crippen molar-refractivity contribution in [1.82, 2.24) is 4.98 Å². The molecule has 0 aliphatic carbocycles. The summed E-state index contributed by atoms with van der Waals surface area (Å²) in [5.74, 6) is -1.07. The molecule has 2 N–H and O–H groups in total. The number of esters is 2. The van der Waals surface area contributed by atoms with Crippen molar-refractivity contribution in [2.45, 2.75) is 44.8 Å². The van der Waals surface area contributed by atoms with Crippen LogP contribution in [0.25, 0.3) is 0 Å². The van der Waals surface area contributed by atoms with Crippen LogP contribution in [0, 0.1) is 5.41 Å². The van der Waals surface area contributed by atoms with E-state index in [0.717, 1.165) is 6.42 Å². The fraction of sp³-hybridized carbons (Fsp3) is 0.667. The van der Waals surface area contributed by atoms with Crippen LogP contribution in [-0.2, 0) is 29.4 Å². The number of nitrogens with zero attached hydrogens (tertiary/aromatic N) is 1. The molecule has 0 aromatic carbocycles. The number of hydrogen-bond acceptors (Lipinski definition) is 8. The molecule has 1 aromatic heterocycles. The highest BCUT2D eigenvalue weighted by molar-refractivity contribution is 7.13. The van der Waals surface area contributed by atoms with Gasteiger partial charge in [-0.05, 0) is 13.3 Å². The fourth-order valence-corrected chi connectivity index (χ4v) is 3.89. The van der Waals surface area contributed by atoms with Crippen molar-refractivity contribution in [2.75, 3.05) is 18.9 Å². The minimum atomic E-state index is -1.26. The van der Waals surface area contributed by atoms with E-state index in [0.29, 0.717) is 24.0 Å². The van der Waals surface area contributed by atoms with Gasteiger partial charge < -0.3 is 19.9 Å². The van der Waals surface area contributed by atoms with Gasteiger partial charge in [0.2, 0.25) is 0 Å². The Morgan fingerprint density at radius 1 is 1.48 bits per heavy atom. The topological polar surface area (TPSA) is 101 Å². The zero-order chi connectivity index (χ0) is 16.7. The van der Waals surface area contributed by atoms with Gasteiger partial charge in [0, 0.05) is 24.8 Å². The van der Waals surface area contributed by atoms with Gasteiger partial charge in [-0.1, -0.05) is 6.92 Å². The van der Waals surface area contributed by atoms with Crippen molar-refractivity contribution < 1.29 is 23.8 Å². The number of cyclic esters (lactones) is 2. The summed E-state index contributed by atoms with van der Waals surface area (Å²) in [4.78, 5) is 29.0. The smallest absolute Gasteiger partial charge is 0.324 e. The molecule has 2 saturated heterocycles. The van der Waals surface area contributed by atoms with Crippen molar-refractivity contribution in [3.05, 3.63) is 11.1 Å². The van der Waals surface area contributed by atoms with Gasteiger partial charge in [-0.15, -0.1) is 11.3 Å². The lowest BCUT2D eigenvalue weighted by Crippen LogP contribution is -2.32. The Labute approximate surface area is 138 Å². The Morgan fingerprint density at radius 3 is 2.91 bits per heavy atom. The molecular weight excluding hydrogens is 320 g/mol. The number of nitrogen functional groups attached to an aromatic ring is 1. The van der Waals surface area contributed by atoms with Crippen LogP contribution >= 0.6 is 11.3 Å². The maximum absolute atomic E-state index is 12.5. The van der Waals surface area contributed by atoms with E-state index < -0.39 is 29.1 Å². The van der Waals surface area contributed by atoms with Crippen LogP contribution in [0.1, 0.15) is 38.8 Å². The van der Waals surface area contributed by atoms with Crippen molar-refractivity contribution in [3.8, 4) is 0 Å². The van der Waals surface area contributed by atoms with Gasteiger partial charge in [-0.2, -0.15) is 0 Å². The lowest BCUT2D eigenvalue weighted by Gasteiger charge is -2.20. The third kappa shape index (κ3) is 2.70. The van der Waals surface area contributed by atoms with Gasteiger partial charge in [-0.25, -0.2) is 4.98 Å². The van der Waals surface area contributed by atoms with Crippen LogP contribution in [0.5, 0.6) is 0 Å². The Kier molecular flexibility index (Phi) is 4.05. The van der Waals surface area contributed by atoms with E-state index in [4.69, 9.17) is 19.9 Å². The summed E-state index contributed by atoms with van der Waals surface area (Å²) in [6, 6.07) is 0. The number of nitrogens with two attached hydrogens (primary N) is 1. The van der Waals surface area contributed by atoms with Crippen molar-refractivity contribution in [1.29, 1.82) is 0 Å². The molecule has 0 radical (unpaired) electrons. The first-order valence-corrected chi connectivity index (χ1v) is 8.51. The van der Waals surface area contributed by atoms with Crippen LogP contribution in [0.3, 0.4) is 0 Å². The molecule has 1 spiro atoms. The summed E-state index contributed by atoms with van der Waals surface area (Å²) in [6.07, 6.45) is 0.968. The highest BCUT2D eigenvalue weighted by Crippen LogP contribution is 2.52. The van der Waals surface area contributed by atoms with Crippen LogP contribution in [0.4, 0.5) is 5.13 Å². The van der Waals surface area contributed by atoms with Gasteiger partial charge in [-0.3, -0.25) is 9.59 Å². The third-order valence-corrected chi connectivity index (χ3v) is 4.98. The van der Waals surface area contributed by atoms with E-state index in [1.165, 1.54) is 11.3 Å². The second kappa shape index (κ2) is 5.76. The van der Waals surface area contributed by atoms with E-state index in [9.17, 15) is 9.59 Å². The lowest BCUT2D eigenvalue weighted by molar-refractivity contribution is -0.160. The second-order valence-corrected chi connectivity index (χ2v) is 7.15. The maximum atomic E-state index is 12.5. The minimum Gasteiger partial charge on any atom is -0.459 e. The number of carbonyl (C=O) groups excluding carboxylic acids is 2. The summed E-state index contributed by atoms with van der Waals surface area (Å²) in [5, 5.41) is 2.15. The molecule has 1 aromatic rings. The highest BCUT2D eigenvalue weighted by Gasteiger charge is 2.65. The first-order chi connectivity index (χ1) is 10.9. The highest BCUT2D eigenvalue weighted by atomic mass is 32.1. The van der Waals surface area contributed by atoms with E-state index in [-0.39, 0.29) is 12.8 Å². The molecule has 7 nitrogen and oxygen atoms in total. The van der Waals surface area contributed by atoms with Gasteiger partial charge in [0.05, 0.1) is 12.3 Å². The molecule has 2 aliphatic rings. The predicted octanol–water partition coefficient (Wildman–Crippen LogP) is 1.62. The quantitative estimate of drug-likeness (QED) is 0.494. The lowest BCUT2D eigenvalue weighted by atomic mass is 9.78. The molecule has 3 heterocycles. The maximum Gasteiger partial charge on any atom is 0.324 e.